The van der Waals surface area contributed by atoms with E-state index in [4.69, 9.17) is 33.4 Å². The summed E-state index contributed by atoms with van der Waals surface area (Å²) in [7, 11) is 0. The maximum Gasteiger partial charge on any atom is 0.231 e. The van der Waals surface area contributed by atoms with Crippen LogP contribution in [0.1, 0.15) is 34.5 Å². The van der Waals surface area contributed by atoms with Crippen LogP contribution >= 0.6 is 23.2 Å². The van der Waals surface area contributed by atoms with E-state index in [1.165, 1.54) is 24.5 Å². The number of rotatable bonds is 5. The Morgan fingerprint density at radius 1 is 0.969 bits per heavy atom. The number of furan rings is 1. The summed E-state index contributed by atoms with van der Waals surface area (Å²) in [6.07, 6.45) is 2.55. The van der Waals surface area contributed by atoms with Crippen LogP contribution in [-0.2, 0) is 6.54 Å². The third-order valence-electron chi connectivity index (χ3n) is 5.98. The molecule has 5 rings (SSSR count). The smallest absolute Gasteiger partial charge is 0.231 e. The zero-order valence-electron chi connectivity index (χ0n) is 17.4. The van der Waals surface area contributed by atoms with Gasteiger partial charge in [-0.1, -0.05) is 47.5 Å². The second-order valence-corrected chi connectivity index (χ2v) is 9.04. The Labute approximate surface area is 196 Å². The molecular weight excluding hydrogens is 443 g/mol. The number of hydrogen-bond donors (Lipinski definition) is 1. The number of fused-ring (bicyclic) bond motifs is 1. The van der Waals surface area contributed by atoms with Gasteiger partial charge in [0.2, 0.25) is 5.78 Å². The van der Waals surface area contributed by atoms with Crippen LogP contribution in [0.5, 0.6) is 0 Å². The third kappa shape index (κ3) is 4.02. The zero-order valence-corrected chi connectivity index (χ0v) is 18.9. The zero-order chi connectivity index (χ0) is 22.2. The Bertz CT molecular complexity index is 1320. The minimum Gasteiger partial charge on any atom is -0.450 e. The number of carbonyl (C=O) groups excluding carboxylic acids is 1. The van der Waals surface area contributed by atoms with Gasteiger partial charge < -0.3 is 10.2 Å². The molecule has 32 heavy (non-hydrogen) atoms. The van der Waals surface area contributed by atoms with Gasteiger partial charge in [0.1, 0.15) is 5.58 Å². The SMILES string of the molecule is Nc1c(C(=O)c2ccc(Cl)cc2Cl)oc2cc(-c3cccc(CN4CCCC4)c3)ccc12. The number of carbonyl (C=O) groups is 1. The molecule has 2 heterocycles. The first-order valence-electron chi connectivity index (χ1n) is 10.6. The molecule has 1 fully saturated rings. The summed E-state index contributed by atoms with van der Waals surface area (Å²) in [4.78, 5) is 15.5. The van der Waals surface area contributed by atoms with E-state index in [0.29, 0.717) is 27.2 Å². The number of anilines is 1. The van der Waals surface area contributed by atoms with Crippen molar-refractivity contribution in [2.45, 2.75) is 19.4 Å². The van der Waals surface area contributed by atoms with Gasteiger partial charge in [-0.05, 0) is 79.0 Å². The third-order valence-corrected chi connectivity index (χ3v) is 6.52. The summed E-state index contributed by atoms with van der Waals surface area (Å²) >= 11 is 12.2. The maximum absolute atomic E-state index is 13.0. The first-order chi connectivity index (χ1) is 15.5. The molecule has 0 amide bonds. The molecule has 4 aromatic rings. The average Bonchev–Trinajstić information content (AvgIpc) is 3.41. The molecule has 6 heteroatoms. The lowest BCUT2D eigenvalue weighted by atomic mass is 10.0. The Kier molecular flexibility index (Phi) is 5.68. The van der Waals surface area contributed by atoms with Crippen LogP contribution in [0, 0.1) is 0 Å². The first-order valence-corrected chi connectivity index (χ1v) is 11.4. The van der Waals surface area contributed by atoms with E-state index in [2.05, 4.69) is 29.2 Å². The van der Waals surface area contributed by atoms with Gasteiger partial charge in [0.25, 0.3) is 0 Å². The molecule has 0 saturated carbocycles. The molecule has 0 bridgehead atoms. The van der Waals surface area contributed by atoms with Crippen LogP contribution in [0.15, 0.2) is 65.1 Å². The normalized spacial score (nSPS) is 14.3. The largest absolute Gasteiger partial charge is 0.450 e. The van der Waals surface area contributed by atoms with Crippen molar-refractivity contribution in [2.24, 2.45) is 0 Å². The number of hydrogen-bond acceptors (Lipinski definition) is 4. The standard InChI is InChI=1S/C26H22Cl2N2O2/c27-19-7-9-20(22(28)14-19)25(31)26-24(29)21-8-6-18(13-23(21)32-26)17-5-3-4-16(12-17)15-30-10-1-2-11-30/h3-9,12-14H,1-2,10-11,15,29H2. The fourth-order valence-corrected chi connectivity index (χ4v) is 4.80. The van der Waals surface area contributed by atoms with Crippen molar-refractivity contribution in [1.29, 1.82) is 0 Å². The van der Waals surface area contributed by atoms with E-state index in [9.17, 15) is 4.79 Å². The van der Waals surface area contributed by atoms with E-state index in [-0.39, 0.29) is 16.6 Å². The van der Waals surface area contributed by atoms with Crippen LogP contribution < -0.4 is 5.73 Å². The lowest BCUT2D eigenvalue weighted by Crippen LogP contribution is -2.18. The van der Waals surface area contributed by atoms with E-state index >= 15 is 0 Å². The topological polar surface area (TPSA) is 59.5 Å². The monoisotopic (exact) mass is 464 g/mol. The van der Waals surface area contributed by atoms with Crippen LogP contribution in [0.2, 0.25) is 10.0 Å². The van der Waals surface area contributed by atoms with E-state index in [0.717, 1.165) is 30.8 Å². The summed E-state index contributed by atoms with van der Waals surface area (Å²) in [5.41, 5.74) is 10.9. The molecule has 4 nitrogen and oxygen atoms in total. The molecular formula is C26H22Cl2N2O2. The van der Waals surface area contributed by atoms with Gasteiger partial charge in [-0.15, -0.1) is 0 Å². The number of likely N-dealkylation sites (tertiary alicyclic amines) is 1. The van der Waals surface area contributed by atoms with Crippen LogP contribution in [0.3, 0.4) is 0 Å². The molecule has 3 aromatic carbocycles. The van der Waals surface area contributed by atoms with Gasteiger partial charge in [-0.2, -0.15) is 0 Å². The lowest BCUT2D eigenvalue weighted by molar-refractivity contribution is 0.101. The predicted molar refractivity (Wildman–Crippen MR) is 130 cm³/mol. The van der Waals surface area contributed by atoms with E-state index < -0.39 is 0 Å². The van der Waals surface area contributed by atoms with Crippen molar-refractivity contribution >= 4 is 45.6 Å². The highest BCUT2D eigenvalue weighted by atomic mass is 35.5. The summed E-state index contributed by atoms with van der Waals surface area (Å²) in [5, 5.41) is 1.43. The molecule has 1 aliphatic rings. The first kappa shape index (κ1) is 21.1. The number of nitrogens with two attached hydrogens (primary N) is 1. The Morgan fingerprint density at radius 3 is 2.53 bits per heavy atom. The molecule has 2 N–H and O–H groups in total. The van der Waals surface area contributed by atoms with Crippen molar-refractivity contribution in [3.05, 3.63) is 87.6 Å². The predicted octanol–water partition coefficient (Wildman–Crippen LogP) is 6.82. The average molecular weight is 465 g/mol. The second-order valence-electron chi connectivity index (χ2n) is 8.19. The van der Waals surface area contributed by atoms with Crippen LogP contribution in [0.25, 0.3) is 22.1 Å². The minimum atomic E-state index is -0.366. The summed E-state index contributed by atoms with van der Waals surface area (Å²) in [6.45, 7) is 3.29. The second kappa shape index (κ2) is 8.62. The van der Waals surface area contributed by atoms with Crippen molar-refractivity contribution in [3.8, 4) is 11.1 Å². The van der Waals surface area contributed by atoms with Crippen molar-refractivity contribution < 1.29 is 9.21 Å². The molecule has 0 unspecified atom stereocenters. The number of nitrogens with zero attached hydrogens (tertiary/aromatic N) is 1. The summed E-state index contributed by atoms with van der Waals surface area (Å²) in [6, 6.07) is 19.1. The Hall–Kier alpha value is -2.79. The summed E-state index contributed by atoms with van der Waals surface area (Å²) in [5.74, 6) is -0.279. The van der Waals surface area contributed by atoms with Crippen molar-refractivity contribution in [3.63, 3.8) is 0 Å². The summed E-state index contributed by atoms with van der Waals surface area (Å²) < 4.78 is 5.93. The van der Waals surface area contributed by atoms with Gasteiger partial charge in [0.05, 0.1) is 10.7 Å². The highest BCUT2D eigenvalue weighted by Gasteiger charge is 2.22. The molecule has 1 saturated heterocycles. The Morgan fingerprint density at radius 2 is 1.75 bits per heavy atom. The number of benzene rings is 3. The number of halogens is 2. The molecule has 1 aromatic heterocycles. The molecule has 1 aliphatic heterocycles. The van der Waals surface area contributed by atoms with Gasteiger partial charge in [0.15, 0.2) is 5.76 Å². The minimum absolute atomic E-state index is 0.0872. The van der Waals surface area contributed by atoms with Gasteiger partial charge in [0, 0.05) is 22.5 Å². The lowest BCUT2D eigenvalue weighted by Gasteiger charge is -2.15. The van der Waals surface area contributed by atoms with Crippen molar-refractivity contribution in [2.75, 3.05) is 18.8 Å². The number of ketones is 1. The maximum atomic E-state index is 13.0. The molecule has 0 aliphatic carbocycles. The molecule has 0 radical (unpaired) electrons. The van der Waals surface area contributed by atoms with E-state index in [1.807, 2.05) is 18.2 Å². The van der Waals surface area contributed by atoms with Crippen LogP contribution in [0.4, 0.5) is 5.69 Å². The molecule has 162 valence electrons. The molecule has 0 atom stereocenters. The number of nitrogen functional groups attached to an aromatic ring is 1. The van der Waals surface area contributed by atoms with Gasteiger partial charge >= 0.3 is 0 Å². The van der Waals surface area contributed by atoms with E-state index in [1.54, 1.807) is 12.1 Å². The van der Waals surface area contributed by atoms with Crippen LogP contribution in [-0.4, -0.2) is 23.8 Å². The van der Waals surface area contributed by atoms with Gasteiger partial charge in [-0.3, -0.25) is 9.69 Å². The fraction of sp³-hybridized carbons (Fsp3) is 0.192. The Balaban J connectivity index is 1.48. The quantitative estimate of drug-likeness (QED) is 0.329. The van der Waals surface area contributed by atoms with Crippen molar-refractivity contribution in [1.82, 2.24) is 4.90 Å². The highest BCUT2D eigenvalue weighted by molar-refractivity contribution is 6.37. The highest BCUT2D eigenvalue weighted by Crippen LogP contribution is 2.35. The van der Waals surface area contributed by atoms with Gasteiger partial charge in [-0.25, -0.2) is 0 Å². The fourth-order valence-electron chi connectivity index (χ4n) is 4.31. The molecule has 0 spiro atoms.